The highest BCUT2D eigenvalue weighted by molar-refractivity contribution is 5.94. The number of anilines is 2. The zero-order valence-corrected chi connectivity index (χ0v) is 19.7. The Balaban J connectivity index is 1.29. The summed E-state index contributed by atoms with van der Waals surface area (Å²) in [6, 6.07) is 3.33. The van der Waals surface area contributed by atoms with Crippen molar-refractivity contribution in [1.82, 2.24) is 19.9 Å². The number of fused-ring (bicyclic) bond motifs is 1. The van der Waals surface area contributed by atoms with Gasteiger partial charge in [0.25, 0.3) is 0 Å². The molecule has 0 amide bonds. The number of hydrogen-bond acceptors (Lipinski definition) is 9. The molecule has 2 aliphatic rings. The van der Waals surface area contributed by atoms with Gasteiger partial charge in [0, 0.05) is 43.8 Å². The molecule has 3 aromatic rings. The number of halogens is 3. The zero-order chi connectivity index (χ0) is 26.0. The van der Waals surface area contributed by atoms with Crippen LogP contribution in [0.5, 0.6) is 5.88 Å². The van der Waals surface area contributed by atoms with E-state index in [1.54, 1.807) is 0 Å². The molecule has 1 saturated heterocycles. The minimum Gasteiger partial charge on any atom is -0.478 e. The molecule has 0 unspecified atom stereocenters. The Morgan fingerprint density at radius 3 is 2.41 bits per heavy atom. The molecule has 37 heavy (non-hydrogen) atoms. The number of ether oxygens (including phenoxy) is 2. The number of morpholine rings is 1. The lowest BCUT2D eigenvalue weighted by atomic mass is 9.93. The van der Waals surface area contributed by atoms with E-state index in [-0.39, 0.29) is 23.7 Å². The molecule has 4 heterocycles. The molecule has 3 aromatic heterocycles. The summed E-state index contributed by atoms with van der Waals surface area (Å²) in [5.41, 5.74) is -0.260. The van der Waals surface area contributed by atoms with E-state index in [0.717, 1.165) is 12.4 Å². The van der Waals surface area contributed by atoms with Crippen molar-refractivity contribution in [1.29, 1.82) is 0 Å². The number of pyridine rings is 2. The van der Waals surface area contributed by atoms with Gasteiger partial charge < -0.3 is 24.8 Å². The Labute approximate surface area is 209 Å². The van der Waals surface area contributed by atoms with Crippen molar-refractivity contribution in [2.75, 3.05) is 36.5 Å². The van der Waals surface area contributed by atoms with Crippen molar-refractivity contribution in [2.45, 2.75) is 44.0 Å². The van der Waals surface area contributed by atoms with Crippen molar-refractivity contribution >= 4 is 28.6 Å². The van der Waals surface area contributed by atoms with Crippen LogP contribution in [0.1, 0.15) is 41.6 Å². The molecular weight excluding hydrogens is 493 g/mol. The summed E-state index contributed by atoms with van der Waals surface area (Å²) in [6.07, 6.45) is 0.900. The maximum absolute atomic E-state index is 12.7. The first-order chi connectivity index (χ1) is 17.8. The van der Waals surface area contributed by atoms with Gasteiger partial charge in [-0.05, 0) is 31.7 Å². The maximum atomic E-state index is 12.7. The Kier molecular flexibility index (Phi) is 6.96. The molecule has 2 N–H and O–H groups in total. The number of hydrogen-bond donors (Lipinski definition) is 2. The lowest BCUT2D eigenvalue weighted by molar-refractivity contribution is -0.138. The first-order valence-corrected chi connectivity index (χ1v) is 12.0. The van der Waals surface area contributed by atoms with Crippen LogP contribution in [-0.2, 0) is 10.9 Å². The van der Waals surface area contributed by atoms with Gasteiger partial charge in [0.1, 0.15) is 11.9 Å². The third-order valence-corrected chi connectivity index (χ3v) is 6.48. The van der Waals surface area contributed by atoms with Crippen LogP contribution in [0.4, 0.5) is 24.9 Å². The summed E-state index contributed by atoms with van der Waals surface area (Å²) >= 11 is 0. The fourth-order valence-corrected chi connectivity index (χ4v) is 4.46. The standard InChI is InChI=1S/C24H25F3N6O4/c25-24(26,27)15-12-29-23(30-13-15)31-16-1-3-17(4-2-16)37-21-18-9-14(22(34)35)11-28-19(18)10-20(32-21)33-5-7-36-8-6-33/h9-13,16-17H,1-8H2,(H,34,35)(H,29,30,31)/t16-,17+. The molecule has 0 atom stereocenters. The monoisotopic (exact) mass is 518 g/mol. The normalized spacial score (nSPS) is 20.6. The van der Waals surface area contributed by atoms with Gasteiger partial charge in [0.05, 0.1) is 35.2 Å². The van der Waals surface area contributed by atoms with Gasteiger partial charge in [-0.15, -0.1) is 0 Å². The van der Waals surface area contributed by atoms with Gasteiger partial charge in [-0.1, -0.05) is 0 Å². The predicted octanol–water partition coefficient (Wildman–Crippen LogP) is 3.78. The van der Waals surface area contributed by atoms with Crippen molar-refractivity contribution < 1.29 is 32.5 Å². The molecule has 5 rings (SSSR count). The lowest BCUT2D eigenvalue weighted by Crippen LogP contribution is -2.37. The number of carbonyl (C=O) groups is 1. The van der Waals surface area contributed by atoms with Gasteiger partial charge in [-0.2, -0.15) is 18.2 Å². The van der Waals surface area contributed by atoms with Crippen LogP contribution in [-0.4, -0.2) is 69.5 Å². The zero-order valence-electron chi connectivity index (χ0n) is 19.7. The highest BCUT2D eigenvalue weighted by Gasteiger charge is 2.31. The average molecular weight is 518 g/mol. The molecule has 13 heteroatoms. The topological polar surface area (TPSA) is 123 Å². The fraction of sp³-hybridized carbons (Fsp3) is 0.458. The van der Waals surface area contributed by atoms with E-state index in [1.807, 2.05) is 6.07 Å². The summed E-state index contributed by atoms with van der Waals surface area (Å²) in [5.74, 6) is 0.0819. The molecule has 196 valence electrons. The van der Waals surface area contributed by atoms with E-state index in [9.17, 15) is 23.1 Å². The SMILES string of the molecule is O=C(O)c1cnc2cc(N3CCOCC3)nc(O[C@H]3CC[C@@H](Nc4ncc(C(F)(F)F)cn4)CC3)c2c1. The van der Waals surface area contributed by atoms with E-state index >= 15 is 0 Å². The van der Waals surface area contributed by atoms with Gasteiger partial charge >= 0.3 is 12.1 Å². The van der Waals surface area contributed by atoms with Crippen LogP contribution in [0, 0.1) is 0 Å². The lowest BCUT2D eigenvalue weighted by Gasteiger charge is -2.31. The van der Waals surface area contributed by atoms with E-state index in [2.05, 4.69) is 25.2 Å². The molecule has 0 spiro atoms. The molecule has 1 aliphatic heterocycles. The van der Waals surface area contributed by atoms with E-state index in [0.29, 0.717) is 74.6 Å². The van der Waals surface area contributed by atoms with Crippen molar-refractivity contribution in [3.8, 4) is 5.88 Å². The Bertz CT molecular complexity index is 1260. The number of alkyl halides is 3. The minimum absolute atomic E-state index is 0.0127. The number of carboxylic acids is 1. The molecule has 2 fully saturated rings. The largest absolute Gasteiger partial charge is 0.478 e. The second-order valence-corrected chi connectivity index (χ2v) is 9.01. The maximum Gasteiger partial charge on any atom is 0.419 e. The number of rotatable bonds is 6. The Morgan fingerprint density at radius 2 is 1.76 bits per heavy atom. The summed E-state index contributed by atoms with van der Waals surface area (Å²) in [7, 11) is 0. The van der Waals surface area contributed by atoms with Gasteiger partial charge in [-0.25, -0.2) is 14.8 Å². The molecule has 1 aliphatic carbocycles. The van der Waals surface area contributed by atoms with Crippen molar-refractivity contribution in [2.24, 2.45) is 0 Å². The van der Waals surface area contributed by atoms with Crippen LogP contribution < -0.4 is 15.0 Å². The van der Waals surface area contributed by atoms with Crippen LogP contribution >= 0.6 is 0 Å². The Hall–Kier alpha value is -3.74. The third-order valence-electron chi connectivity index (χ3n) is 6.48. The number of carboxylic acid groups (broad SMARTS) is 1. The molecule has 0 bridgehead atoms. The number of nitrogens with one attached hydrogen (secondary N) is 1. The summed E-state index contributed by atoms with van der Waals surface area (Å²) in [6.45, 7) is 2.52. The van der Waals surface area contributed by atoms with Crippen LogP contribution in [0.3, 0.4) is 0 Å². The number of nitrogens with zero attached hydrogens (tertiary/aromatic N) is 5. The van der Waals surface area contributed by atoms with Crippen LogP contribution in [0.25, 0.3) is 10.9 Å². The van der Waals surface area contributed by atoms with E-state index < -0.39 is 17.7 Å². The molecule has 0 aromatic carbocycles. The van der Waals surface area contributed by atoms with Gasteiger partial charge in [-0.3, -0.25) is 4.98 Å². The van der Waals surface area contributed by atoms with Gasteiger partial charge in [0.15, 0.2) is 0 Å². The molecule has 10 nitrogen and oxygen atoms in total. The summed E-state index contributed by atoms with van der Waals surface area (Å²) < 4.78 is 49.9. The first kappa shape index (κ1) is 24.9. The summed E-state index contributed by atoms with van der Waals surface area (Å²) in [5, 5.41) is 13.0. The minimum atomic E-state index is -4.48. The molecule has 1 saturated carbocycles. The fourth-order valence-electron chi connectivity index (χ4n) is 4.46. The smallest absolute Gasteiger partial charge is 0.419 e. The Morgan fingerprint density at radius 1 is 1.05 bits per heavy atom. The quantitative estimate of drug-likeness (QED) is 0.499. The van der Waals surface area contributed by atoms with Crippen LogP contribution in [0.2, 0.25) is 0 Å². The highest BCUT2D eigenvalue weighted by atomic mass is 19.4. The molecular formula is C24H25F3N6O4. The van der Waals surface area contributed by atoms with E-state index in [1.165, 1.54) is 12.3 Å². The number of aromatic nitrogens is 4. The van der Waals surface area contributed by atoms with E-state index in [4.69, 9.17) is 14.5 Å². The number of aromatic carboxylic acids is 1. The average Bonchev–Trinajstić information content (AvgIpc) is 2.90. The first-order valence-electron chi connectivity index (χ1n) is 12.0. The summed E-state index contributed by atoms with van der Waals surface area (Å²) in [4.78, 5) is 30.2. The third kappa shape index (κ3) is 5.82. The van der Waals surface area contributed by atoms with Gasteiger partial charge in [0.2, 0.25) is 11.8 Å². The van der Waals surface area contributed by atoms with Crippen molar-refractivity contribution in [3.05, 3.63) is 41.9 Å². The van der Waals surface area contributed by atoms with Crippen LogP contribution in [0.15, 0.2) is 30.7 Å². The van der Waals surface area contributed by atoms with Crippen molar-refractivity contribution in [3.63, 3.8) is 0 Å². The molecule has 0 radical (unpaired) electrons. The second kappa shape index (κ2) is 10.3. The second-order valence-electron chi connectivity index (χ2n) is 9.01. The predicted molar refractivity (Wildman–Crippen MR) is 127 cm³/mol. The highest BCUT2D eigenvalue weighted by Crippen LogP contribution is 2.32.